The molecule has 3 aliphatic rings. The number of hydrogen-bond acceptors (Lipinski definition) is 8. The van der Waals surface area contributed by atoms with Gasteiger partial charge >= 0.3 is 5.97 Å². The number of nitrogens with zero attached hydrogens (tertiary/aromatic N) is 4. The Kier molecular flexibility index (Phi) is 8.32. The van der Waals surface area contributed by atoms with E-state index in [9.17, 15) is 19.5 Å². The number of amides is 2. The molecule has 228 valence electrons. The van der Waals surface area contributed by atoms with E-state index in [4.69, 9.17) is 9.15 Å². The molecule has 0 radical (unpaired) electrons. The van der Waals surface area contributed by atoms with Crippen molar-refractivity contribution in [3.63, 3.8) is 0 Å². The fourth-order valence-corrected chi connectivity index (χ4v) is 7.15. The lowest BCUT2D eigenvalue weighted by Crippen LogP contribution is -2.40. The highest BCUT2D eigenvalue weighted by molar-refractivity contribution is 7.14. The van der Waals surface area contributed by atoms with Crippen LogP contribution in [0.1, 0.15) is 62.9 Å². The molecule has 1 N–H and O–H groups in total. The van der Waals surface area contributed by atoms with E-state index < -0.39 is 17.0 Å². The van der Waals surface area contributed by atoms with Crippen LogP contribution in [0.5, 0.6) is 0 Å². The first-order valence-corrected chi connectivity index (χ1v) is 15.7. The molecule has 5 heterocycles. The van der Waals surface area contributed by atoms with Crippen molar-refractivity contribution in [2.45, 2.75) is 71.3 Å². The summed E-state index contributed by atoms with van der Waals surface area (Å²) in [6.45, 7) is 5.38. The molecule has 43 heavy (non-hydrogen) atoms. The van der Waals surface area contributed by atoms with Crippen LogP contribution in [-0.2, 0) is 19.1 Å². The van der Waals surface area contributed by atoms with Gasteiger partial charge in [0.05, 0.1) is 12.0 Å². The largest absolute Gasteiger partial charge is 0.481 e. The van der Waals surface area contributed by atoms with Crippen molar-refractivity contribution in [1.82, 2.24) is 9.97 Å². The average molecular weight is 611 g/mol. The second kappa shape index (κ2) is 12.2. The second-order valence-electron chi connectivity index (χ2n) is 11.7. The van der Waals surface area contributed by atoms with E-state index in [1.54, 1.807) is 31.0 Å². The number of carbonyl (C=O) groups is 3. The Labute approximate surface area is 252 Å². The lowest BCUT2D eigenvalue weighted by molar-refractivity contribution is -0.141. The highest BCUT2D eigenvalue weighted by Crippen LogP contribution is 2.45. The van der Waals surface area contributed by atoms with Crippen LogP contribution < -0.4 is 9.80 Å². The Bertz CT molecular complexity index is 1530. The van der Waals surface area contributed by atoms with Gasteiger partial charge in [0, 0.05) is 55.5 Å². The fourth-order valence-electron chi connectivity index (χ4n) is 6.28. The third-order valence-corrected chi connectivity index (χ3v) is 9.39. The summed E-state index contributed by atoms with van der Waals surface area (Å²) >= 11 is 0.796. The third-order valence-electron chi connectivity index (χ3n) is 8.54. The number of carboxylic acids is 1. The van der Waals surface area contributed by atoms with E-state index in [0.29, 0.717) is 66.6 Å². The lowest BCUT2D eigenvalue weighted by atomic mass is 9.86. The summed E-state index contributed by atoms with van der Waals surface area (Å²) in [7, 11) is 0. The number of carbonyl (C=O) groups excluding carboxylic acids is 2. The SMILES string of the molecule is Cc1oc(C)c(-c2nc(N(C(=O)[C@@H](CC(=O)O)CC3CCOCC3)C3CC3)sc2F)c1-c1ccc(N2CCCC2=O)nc1. The molecule has 0 unspecified atom stereocenters. The molecule has 10 nitrogen and oxygen atoms in total. The molecule has 6 rings (SSSR count). The van der Waals surface area contributed by atoms with Gasteiger partial charge in [-0.05, 0) is 70.4 Å². The maximum atomic E-state index is 15.8. The normalized spacial score (nSPS) is 18.3. The molecule has 3 aromatic rings. The Morgan fingerprint density at radius 2 is 1.91 bits per heavy atom. The number of anilines is 2. The van der Waals surface area contributed by atoms with Crippen LogP contribution in [0, 0.1) is 30.8 Å². The number of furan rings is 1. The van der Waals surface area contributed by atoms with Gasteiger partial charge in [0.1, 0.15) is 23.0 Å². The van der Waals surface area contributed by atoms with Gasteiger partial charge in [-0.1, -0.05) is 11.3 Å². The number of ether oxygens (including phenoxy) is 1. The van der Waals surface area contributed by atoms with Crippen LogP contribution >= 0.6 is 11.3 Å². The van der Waals surface area contributed by atoms with Gasteiger partial charge in [0.2, 0.25) is 16.9 Å². The van der Waals surface area contributed by atoms with Crippen LogP contribution in [0.3, 0.4) is 0 Å². The molecular formula is C31H35FN4O6S. The Morgan fingerprint density at radius 1 is 1.16 bits per heavy atom. The highest BCUT2D eigenvalue weighted by Gasteiger charge is 2.41. The number of hydrogen-bond donors (Lipinski definition) is 1. The third kappa shape index (κ3) is 6.08. The van der Waals surface area contributed by atoms with Crippen molar-refractivity contribution >= 4 is 40.1 Å². The molecule has 0 bridgehead atoms. The molecule has 1 aliphatic carbocycles. The molecule has 1 atom stereocenters. The van der Waals surface area contributed by atoms with Crippen LogP contribution in [0.25, 0.3) is 22.4 Å². The number of pyridine rings is 1. The highest BCUT2D eigenvalue weighted by atomic mass is 32.1. The summed E-state index contributed by atoms with van der Waals surface area (Å²) in [5.74, 6) is -0.199. The summed E-state index contributed by atoms with van der Waals surface area (Å²) < 4.78 is 27.2. The minimum absolute atomic E-state index is 0.0430. The van der Waals surface area contributed by atoms with Crippen LogP contribution in [0.15, 0.2) is 22.7 Å². The fraction of sp³-hybridized carbons (Fsp3) is 0.516. The molecule has 2 saturated heterocycles. The van der Waals surface area contributed by atoms with E-state index in [0.717, 1.165) is 43.4 Å². The average Bonchev–Trinajstić information content (AvgIpc) is 3.49. The van der Waals surface area contributed by atoms with Gasteiger partial charge in [-0.2, -0.15) is 4.39 Å². The summed E-state index contributed by atoms with van der Waals surface area (Å²) in [5, 5.41) is 9.30. The summed E-state index contributed by atoms with van der Waals surface area (Å²) in [5.41, 5.74) is 1.91. The molecule has 1 saturated carbocycles. The number of carboxylic acid groups (broad SMARTS) is 1. The molecule has 0 aromatic carbocycles. The predicted octanol–water partition coefficient (Wildman–Crippen LogP) is 5.75. The van der Waals surface area contributed by atoms with E-state index in [1.165, 1.54) is 4.90 Å². The van der Waals surface area contributed by atoms with Gasteiger partial charge in [-0.3, -0.25) is 24.2 Å². The van der Waals surface area contributed by atoms with E-state index in [-0.39, 0.29) is 41.0 Å². The first kappa shape index (κ1) is 29.4. The molecule has 0 spiro atoms. The first-order valence-electron chi connectivity index (χ1n) is 14.9. The van der Waals surface area contributed by atoms with Crippen LogP contribution in [0.2, 0.25) is 0 Å². The zero-order valence-electron chi connectivity index (χ0n) is 24.3. The van der Waals surface area contributed by atoms with Gasteiger partial charge in [0.15, 0.2) is 5.13 Å². The van der Waals surface area contributed by atoms with Crippen molar-refractivity contribution in [3.05, 3.63) is 35.0 Å². The number of aliphatic carboxylic acids is 1. The quantitative estimate of drug-likeness (QED) is 0.308. The maximum Gasteiger partial charge on any atom is 0.304 e. The van der Waals surface area contributed by atoms with Gasteiger partial charge < -0.3 is 14.3 Å². The van der Waals surface area contributed by atoms with Crippen molar-refractivity contribution in [2.75, 3.05) is 29.6 Å². The molecule has 3 aromatic heterocycles. The number of thiazole rings is 1. The molecule has 2 aliphatic heterocycles. The molecule has 12 heteroatoms. The van der Waals surface area contributed by atoms with Crippen LogP contribution in [-0.4, -0.2) is 58.7 Å². The summed E-state index contributed by atoms with van der Waals surface area (Å²) in [4.78, 5) is 50.3. The smallest absolute Gasteiger partial charge is 0.304 e. The van der Waals surface area contributed by atoms with Gasteiger partial charge in [0.25, 0.3) is 0 Å². The van der Waals surface area contributed by atoms with Crippen molar-refractivity contribution < 1.29 is 33.0 Å². The van der Waals surface area contributed by atoms with Crippen molar-refractivity contribution in [1.29, 1.82) is 0 Å². The molecule has 3 fully saturated rings. The topological polar surface area (TPSA) is 126 Å². The number of aryl methyl sites for hydroxylation is 2. The minimum Gasteiger partial charge on any atom is -0.481 e. The van der Waals surface area contributed by atoms with Crippen molar-refractivity contribution in [2.24, 2.45) is 11.8 Å². The molecule has 2 amide bonds. The van der Waals surface area contributed by atoms with E-state index >= 15 is 4.39 Å². The number of aromatic nitrogens is 2. The zero-order valence-corrected chi connectivity index (χ0v) is 25.1. The summed E-state index contributed by atoms with van der Waals surface area (Å²) in [6.07, 6.45) is 6.21. The minimum atomic E-state index is -1.03. The Morgan fingerprint density at radius 3 is 2.53 bits per heavy atom. The standard InChI is InChI=1S/C31H35FN4O6S/c1-17-26(20-5-8-23(33-16-20)35-11-3-4-24(35)37)27(18(2)42-17)28-29(32)43-31(34-28)36(22-6-7-22)30(40)21(15-25(38)39)14-19-9-12-41-13-10-19/h5,8,16,19,21-22H,3-4,6-7,9-15H2,1-2H3,(H,38,39)/t21-/m1/s1. The zero-order chi connectivity index (χ0) is 30.2. The Hall–Kier alpha value is -3.64. The monoisotopic (exact) mass is 610 g/mol. The predicted molar refractivity (Wildman–Crippen MR) is 158 cm³/mol. The van der Waals surface area contributed by atoms with E-state index in [2.05, 4.69) is 9.97 Å². The second-order valence-corrected chi connectivity index (χ2v) is 12.6. The molecular weight excluding hydrogens is 575 g/mol. The van der Waals surface area contributed by atoms with Gasteiger partial charge in [-0.15, -0.1) is 0 Å². The van der Waals surface area contributed by atoms with Gasteiger partial charge in [-0.25, -0.2) is 9.97 Å². The maximum absolute atomic E-state index is 15.8. The summed E-state index contributed by atoms with van der Waals surface area (Å²) in [6, 6.07) is 3.49. The first-order chi connectivity index (χ1) is 20.7. The van der Waals surface area contributed by atoms with E-state index in [1.807, 2.05) is 6.07 Å². The van der Waals surface area contributed by atoms with Crippen molar-refractivity contribution in [3.8, 4) is 22.4 Å². The van der Waals surface area contributed by atoms with Crippen LogP contribution in [0.4, 0.5) is 15.3 Å². The number of halogens is 1. The Balaban J connectivity index is 1.32. The lowest BCUT2D eigenvalue weighted by Gasteiger charge is -2.29. The number of rotatable bonds is 10.